The highest BCUT2D eigenvalue weighted by molar-refractivity contribution is 6.32. The zero-order chi connectivity index (χ0) is 31.8. The minimum atomic E-state index is -2.77. The van der Waals surface area contributed by atoms with E-state index in [0.717, 1.165) is 5.56 Å². The van der Waals surface area contributed by atoms with Gasteiger partial charge in [-0.2, -0.15) is 0 Å². The van der Waals surface area contributed by atoms with E-state index in [2.05, 4.69) is 5.32 Å². The summed E-state index contributed by atoms with van der Waals surface area (Å²) in [6, 6.07) is 5.99. The molecule has 2 aromatic rings. The number of nitrogens with one attached hydrogen (secondary N) is 1. The van der Waals surface area contributed by atoms with Crippen LogP contribution in [-0.2, 0) is 32.1 Å². The number of phenolic OH excluding ortho intramolecular Hbond substituents is 1. The van der Waals surface area contributed by atoms with Crippen LogP contribution >= 0.6 is 0 Å². The number of carbonyl (C=O) groups is 5. The first kappa shape index (κ1) is 29.6. The van der Waals surface area contributed by atoms with Crippen molar-refractivity contribution in [2.24, 2.45) is 29.4 Å². The van der Waals surface area contributed by atoms with Crippen LogP contribution in [0.25, 0.3) is 0 Å². The lowest BCUT2D eigenvalue weighted by atomic mass is 9.52. The molecule has 13 nitrogen and oxygen atoms in total. The number of primary amides is 1. The van der Waals surface area contributed by atoms with Gasteiger partial charge < -0.3 is 35.6 Å². The van der Waals surface area contributed by atoms with Crippen LogP contribution in [0.3, 0.4) is 0 Å². The Bertz CT molecular complexity index is 1640. The van der Waals surface area contributed by atoms with E-state index >= 15 is 0 Å². The van der Waals surface area contributed by atoms with E-state index in [9.17, 15) is 34.2 Å². The van der Waals surface area contributed by atoms with Crippen molar-refractivity contribution in [2.45, 2.75) is 31.0 Å². The van der Waals surface area contributed by atoms with Crippen LogP contribution in [0.1, 0.15) is 27.9 Å². The molecule has 0 saturated heterocycles. The molecule has 2 saturated carbocycles. The average molecular weight is 607 g/mol. The lowest BCUT2D eigenvalue weighted by molar-refractivity contribution is -0.181. The third-order valence-corrected chi connectivity index (χ3v) is 9.44. The van der Waals surface area contributed by atoms with Gasteiger partial charge in [-0.25, -0.2) is 0 Å². The number of carbonyl (C=O) groups excluding carboxylic acids is 5. The molecular weight excluding hydrogens is 572 g/mol. The molecule has 1 aliphatic heterocycles. The summed E-state index contributed by atoms with van der Waals surface area (Å²) in [5, 5.41) is 26.4. The topological polar surface area (TPSA) is 189 Å². The number of ketones is 4. The molecule has 6 atom stereocenters. The zero-order valence-electron chi connectivity index (χ0n) is 24.7. The van der Waals surface area contributed by atoms with E-state index in [1.54, 1.807) is 51.3 Å². The van der Waals surface area contributed by atoms with Gasteiger partial charge in [-0.1, -0.05) is 6.07 Å². The number of likely N-dealkylation sites (N-methyl/N-ethyl adjacent to an activating group) is 1. The Morgan fingerprint density at radius 3 is 2.43 bits per heavy atom. The highest BCUT2D eigenvalue weighted by Gasteiger charge is 2.69. The Labute approximate surface area is 252 Å². The molecule has 0 bridgehead atoms. The summed E-state index contributed by atoms with van der Waals surface area (Å²) in [6.45, 7) is 0.392. The monoisotopic (exact) mass is 606 g/mol. The number of aromatic hydroxyl groups is 1. The van der Waals surface area contributed by atoms with Crippen LogP contribution in [0.15, 0.2) is 24.3 Å². The van der Waals surface area contributed by atoms with E-state index in [4.69, 9.17) is 15.2 Å². The lowest BCUT2D eigenvalue weighted by Crippen LogP contribution is -2.74. The van der Waals surface area contributed by atoms with Gasteiger partial charge >= 0.3 is 0 Å². The maximum atomic E-state index is 14.2. The van der Waals surface area contributed by atoms with Gasteiger partial charge in [0.25, 0.3) is 0 Å². The number of hydrogen-bond donors (Lipinski definition) is 4. The molecule has 13 heteroatoms. The summed E-state index contributed by atoms with van der Waals surface area (Å²) in [5.74, 6) is -9.62. The van der Waals surface area contributed by atoms with E-state index in [0.29, 0.717) is 22.7 Å². The standard InChI is InChI=1S/C31H34N4O9/c1-34(2)18-10-17(33-11-13-5-6-19-20(7-13)44-12-43-19)25(36)22-15(18)8-14-9-16-24(35(3)4)27(38)23(30(32)41)29(40)31(16,42)28(39)21(14)26(22)37/h5-7,10,14,16,21,23-24,33,36,42H,8-9,11-12H2,1-4H3,(H2,32,41)/t14-,16-,21?,23?,24-,31-/m0/s1. The van der Waals surface area contributed by atoms with Crippen molar-refractivity contribution < 1.29 is 43.7 Å². The van der Waals surface area contributed by atoms with Crippen LogP contribution < -0.4 is 25.4 Å². The molecule has 2 fully saturated rings. The summed E-state index contributed by atoms with van der Waals surface area (Å²) in [7, 11) is 6.68. The molecule has 6 rings (SSSR count). The molecule has 5 N–H and O–H groups in total. The van der Waals surface area contributed by atoms with Gasteiger partial charge in [-0.15, -0.1) is 0 Å². The van der Waals surface area contributed by atoms with Crippen LogP contribution in [0.5, 0.6) is 17.2 Å². The molecule has 0 spiro atoms. The minimum Gasteiger partial charge on any atom is -0.505 e. The molecule has 3 aliphatic carbocycles. The van der Waals surface area contributed by atoms with E-state index < -0.39 is 64.4 Å². The van der Waals surface area contributed by atoms with E-state index in [1.807, 2.05) is 6.07 Å². The number of amides is 1. The number of phenols is 1. The highest BCUT2D eigenvalue weighted by atomic mass is 16.7. The molecule has 232 valence electrons. The van der Waals surface area contributed by atoms with Crippen LogP contribution in [0.2, 0.25) is 0 Å². The quantitative estimate of drug-likeness (QED) is 0.260. The van der Waals surface area contributed by atoms with Gasteiger partial charge in [0, 0.05) is 32.2 Å². The second kappa shape index (κ2) is 10.3. The van der Waals surface area contributed by atoms with E-state index in [1.165, 1.54) is 4.90 Å². The van der Waals surface area contributed by atoms with Crippen molar-refractivity contribution >= 4 is 40.4 Å². The predicted molar refractivity (Wildman–Crippen MR) is 156 cm³/mol. The number of ether oxygens (including phenoxy) is 2. The van der Waals surface area contributed by atoms with Gasteiger partial charge in [-0.05, 0) is 62.2 Å². The number of rotatable bonds is 6. The highest BCUT2D eigenvalue weighted by Crippen LogP contribution is 2.52. The van der Waals surface area contributed by atoms with Gasteiger partial charge in [0.1, 0.15) is 5.75 Å². The van der Waals surface area contributed by atoms with Crippen molar-refractivity contribution in [1.29, 1.82) is 0 Å². The zero-order valence-corrected chi connectivity index (χ0v) is 24.7. The predicted octanol–water partition coefficient (Wildman–Crippen LogP) is 0.274. The van der Waals surface area contributed by atoms with Gasteiger partial charge in [0.05, 0.1) is 23.2 Å². The lowest BCUT2D eigenvalue weighted by Gasteiger charge is -2.52. The molecule has 1 heterocycles. The summed E-state index contributed by atoms with van der Waals surface area (Å²) < 4.78 is 10.8. The van der Waals surface area contributed by atoms with Crippen molar-refractivity contribution in [3.63, 3.8) is 0 Å². The average Bonchev–Trinajstić information content (AvgIpc) is 3.42. The summed E-state index contributed by atoms with van der Waals surface area (Å²) in [4.78, 5) is 70.5. The number of hydrogen-bond acceptors (Lipinski definition) is 12. The fourth-order valence-corrected chi connectivity index (χ4v) is 7.43. The Kier molecular flexibility index (Phi) is 6.93. The molecule has 1 amide bonds. The van der Waals surface area contributed by atoms with Crippen LogP contribution in [-0.4, -0.2) is 90.8 Å². The van der Waals surface area contributed by atoms with Crippen molar-refractivity contribution in [2.75, 3.05) is 45.2 Å². The number of aliphatic hydroxyl groups is 1. The van der Waals surface area contributed by atoms with Gasteiger partial charge in [0.15, 0.2) is 46.2 Å². The molecular formula is C31H34N4O9. The van der Waals surface area contributed by atoms with Crippen molar-refractivity contribution in [3.05, 3.63) is 41.0 Å². The van der Waals surface area contributed by atoms with E-state index in [-0.39, 0.29) is 43.2 Å². The number of anilines is 2. The number of fused-ring (bicyclic) bond motifs is 4. The third kappa shape index (κ3) is 4.17. The molecule has 2 unspecified atom stereocenters. The maximum Gasteiger partial charge on any atom is 0.235 e. The van der Waals surface area contributed by atoms with Gasteiger partial charge in [-0.3, -0.25) is 28.9 Å². The van der Waals surface area contributed by atoms with Gasteiger partial charge in [0.2, 0.25) is 12.7 Å². The number of benzene rings is 2. The Morgan fingerprint density at radius 1 is 1.07 bits per heavy atom. The summed E-state index contributed by atoms with van der Waals surface area (Å²) in [6.07, 6.45) is 0.164. The second-order valence-electron chi connectivity index (χ2n) is 12.4. The fourth-order valence-electron chi connectivity index (χ4n) is 7.43. The molecule has 2 aromatic carbocycles. The Balaban J connectivity index is 1.40. The van der Waals surface area contributed by atoms with Crippen molar-refractivity contribution in [3.8, 4) is 17.2 Å². The smallest absolute Gasteiger partial charge is 0.235 e. The van der Waals surface area contributed by atoms with Crippen LogP contribution in [0, 0.1) is 23.7 Å². The number of nitrogens with zero attached hydrogens (tertiary/aromatic N) is 2. The molecule has 0 aromatic heterocycles. The SMILES string of the molecule is CN(C)c1cc(NCc2ccc3c(c2)OCO3)c(O)c2c1C[C@H]1C[C@H]3[C@H](N(C)C)C(=O)C(C(N)=O)C(=O)[C@@]3(O)C(=O)C1C2=O. The van der Waals surface area contributed by atoms with Crippen molar-refractivity contribution in [1.82, 2.24) is 4.90 Å². The number of nitrogens with two attached hydrogens (primary N) is 1. The maximum absolute atomic E-state index is 14.2. The minimum absolute atomic E-state index is 0.0123. The largest absolute Gasteiger partial charge is 0.505 e. The fraction of sp³-hybridized carbons (Fsp3) is 0.452. The summed E-state index contributed by atoms with van der Waals surface area (Å²) in [5.41, 5.74) is 4.78. The third-order valence-electron chi connectivity index (χ3n) is 9.44. The van der Waals surface area contributed by atoms with Crippen LogP contribution in [0.4, 0.5) is 11.4 Å². The second-order valence-corrected chi connectivity index (χ2v) is 12.4. The number of Topliss-reactive ketones (excluding diaryl/α,β-unsaturated/α-hetero) is 4. The summed E-state index contributed by atoms with van der Waals surface area (Å²) >= 11 is 0. The normalized spacial score (nSPS) is 28.8. The first-order valence-corrected chi connectivity index (χ1v) is 14.3. The Morgan fingerprint density at radius 2 is 1.77 bits per heavy atom. The molecule has 4 aliphatic rings. The molecule has 0 radical (unpaired) electrons. The Hall–Kier alpha value is -4.49. The first-order chi connectivity index (χ1) is 20.8. The first-order valence-electron chi connectivity index (χ1n) is 14.3. The molecule has 44 heavy (non-hydrogen) atoms.